The van der Waals surface area contributed by atoms with E-state index >= 15 is 0 Å². The Bertz CT molecular complexity index is 363. The molecule has 1 aliphatic heterocycles. The Morgan fingerprint density at radius 1 is 1.14 bits per heavy atom. The molecule has 1 aromatic carbocycles. The largest absolute Gasteiger partial charge is 0.269 e. The van der Waals surface area contributed by atoms with Crippen molar-refractivity contribution in [2.24, 2.45) is 0 Å². The van der Waals surface area contributed by atoms with Crippen LogP contribution in [-0.2, 0) is 0 Å². The van der Waals surface area contributed by atoms with Gasteiger partial charge < -0.3 is 0 Å². The first-order valence-corrected chi connectivity index (χ1v) is 4.56. The fourth-order valence-electron chi connectivity index (χ4n) is 1.56. The second-order valence-corrected chi connectivity index (χ2v) is 3.12. The second kappa shape index (κ2) is 3.25. The van der Waals surface area contributed by atoms with E-state index in [0.717, 1.165) is 0 Å². The van der Waals surface area contributed by atoms with Gasteiger partial charge in [-0.2, -0.15) is 0 Å². The maximum Gasteiger partial charge on any atom is 0.261 e. The van der Waals surface area contributed by atoms with E-state index in [-0.39, 0.29) is 11.8 Å². The fraction of sp³-hybridized carbons (Fsp3) is 0.182. The summed E-state index contributed by atoms with van der Waals surface area (Å²) in [6.07, 6.45) is 0.672. The number of fused-ring (bicyclic) bond motifs is 1. The van der Waals surface area contributed by atoms with E-state index in [1.54, 1.807) is 30.8 Å². The van der Waals surface area contributed by atoms with Crippen molar-refractivity contribution in [2.45, 2.75) is 13.3 Å². The van der Waals surface area contributed by atoms with Gasteiger partial charge in [-0.3, -0.25) is 14.5 Å². The molecule has 3 nitrogen and oxygen atoms in total. The monoisotopic (exact) mass is 188 g/mol. The highest BCUT2D eigenvalue weighted by Gasteiger charge is 2.34. The third-order valence-electron chi connectivity index (χ3n) is 2.19. The summed E-state index contributed by atoms with van der Waals surface area (Å²) in [5.74, 6) is -0.431. The van der Waals surface area contributed by atoms with Gasteiger partial charge in [0.15, 0.2) is 0 Å². The van der Waals surface area contributed by atoms with Gasteiger partial charge in [0.05, 0.1) is 17.7 Å². The molecule has 0 saturated heterocycles. The molecule has 0 aliphatic carbocycles. The summed E-state index contributed by atoms with van der Waals surface area (Å²) < 4.78 is 0. The molecule has 0 atom stereocenters. The van der Waals surface area contributed by atoms with Crippen LogP contribution >= 0.6 is 0 Å². The molecule has 0 unspecified atom stereocenters. The Balaban J connectivity index is 2.43. The lowest BCUT2D eigenvalue weighted by atomic mass is 10.1. The van der Waals surface area contributed by atoms with Crippen molar-refractivity contribution in [3.05, 3.63) is 41.9 Å². The van der Waals surface area contributed by atoms with Crippen LogP contribution < -0.4 is 0 Å². The number of benzene rings is 1. The average Bonchev–Trinajstić information content (AvgIpc) is 2.45. The molecule has 1 aliphatic rings. The van der Waals surface area contributed by atoms with Crippen LogP contribution in [0.15, 0.2) is 24.3 Å². The first kappa shape index (κ1) is 8.94. The van der Waals surface area contributed by atoms with E-state index < -0.39 is 0 Å². The van der Waals surface area contributed by atoms with Gasteiger partial charge in [-0.1, -0.05) is 19.1 Å². The fourth-order valence-corrected chi connectivity index (χ4v) is 1.56. The van der Waals surface area contributed by atoms with Crippen molar-refractivity contribution in [2.75, 3.05) is 0 Å². The Morgan fingerprint density at radius 2 is 1.64 bits per heavy atom. The van der Waals surface area contributed by atoms with Gasteiger partial charge in [0.2, 0.25) is 0 Å². The van der Waals surface area contributed by atoms with Crippen molar-refractivity contribution in [3.8, 4) is 0 Å². The van der Waals surface area contributed by atoms with Gasteiger partial charge in [0, 0.05) is 0 Å². The summed E-state index contributed by atoms with van der Waals surface area (Å²) in [4.78, 5) is 24.5. The van der Waals surface area contributed by atoms with E-state index in [1.165, 1.54) is 4.90 Å². The minimum Gasteiger partial charge on any atom is -0.269 e. The van der Waals surface area contributed by atoms with Gasteiger partial charge in [-0.05, 0) is 18.6 Å². The van der Waals surface area contributed by atoms with Crippen LogP contribution in [0.2, 0.25) is 0 Å². The van der Waals surface area contributed by atoms with Crippen molar-refractivity contribution in [1.82, 2.24) is 4.90 Å². The van der Waals surface area contributed by atoms with E-state index in [1.807, 2.05) is 6.92 Å². The molecule has 2 rings (SSSR count). The van der Waals surface area contributed by atoms with Gasteiger partial charge in [-0.25, -0.2) is 0 Å². The molecule has 0 aromatic heterocycles. The number of amides is 2. The maximum absolute atomic E-state index is 11.7. The summed E-state index contributed by atoms with van der Waals surface area (Å²) in [7, 11) is 0. The summed E-state index contributed by atoms with van der Waals surface area (Å²) in [5.41, 5.74) is 1.00. The Morgan fingerprint density at radius 3 is 2.07 bits per heavy atom. The highest BCUT2D eigenvalue weighted by molar-refractivity contribution is 6.21. The SMILES string of the molecule is CC[CH]N1C(=O)c2ccccc2C1=O. The molecule has 0 saturated carbocycles. The first-order chi connectivity index (χ1) is 6.75. The number of carbonyl (C=O) groups excluding carboxylic acids is 2. The van der Waals surface area contributed by atoms with Crippen LogP contribution in [-0.4, -0.2) is 16.7 Å². The molecular weight excluding hydrogens is 178 g/mol. The maximum atomic E-state index is 11.7. The highest BCUT2D eigenvalue weighted by atomic mass is 16.2. The first-order valence-electron chi connectivity index (χ1n) is 4.56. The predicted molar refractivity (Wildman–Crippen MR) is 51.5 cm³/mol. The number of rotatable bonds is 2. The zero-order chi connectivity index (χ0) is 10.1. The van der Waals surface area contributed by atoms with E-state index in [4.69, 9.17) is 0 Å². The molecule has 0 N–H and O–H groups in total. The van der Waals surface area contributed by atoms with Gasteiger partial charge in [0.1, 0.15) is 0 Å². The van der Waals surface area contributed by atoms with Crippen molar-refractivity contribution >= 4 is 11.8 Å². The number of hydrogen-bond acceptors (Lipinski definition) is 2. The number of carbonyl (C=O) groups is 2. The lowest BCUT2D eigenvalue weighted by Gasteiger charge is -2.10. The van der Waals surface area contributed by atoms with E-state index in [9.17, 15) is 9.59 Å². The molecule has 1 radical (unpaired) electrons. The molecular formula is C11H10NO2. The third-order valence-corrected chi connectivity index (χ3v) is 2.19. The molecule has 1 aromatic rings. The van der Waals surface area contributed by atoms with Crippen LogP contribution in [0, 0.1) is 6.54 Å². The Hall–Kier alpha value is -1.64. The number of hydrogen-bond donors (Lipinski definition) is 0. The van der Waals surface area contributed by atoms with E-state index in [2.05, 4.69) is 0 Å². The van der Waals surface area contributed by atoms with E-state index in [0.29, 0.717) is 17.5 Å². The summed E-state index contributed by atoms with van der Waals surface area (Å²) in [6, 6.07) is 6.89. The minimum absolute atomic E-state index is 0.215. The molecule has 0 fully saturated rings. The summed E-state index contributed by atoms with van der Waals surface area (Å²) >= 11 is 0. The molecule has 71 valence electrons. The van der Waals surface area contributed by atoms with Crippen LogP contribution in [0.4, 0.5) is 0 Å². The lowest BCUT2D eigenvalue weighted by Crippen LogP contribution is -2.26. The standard InChI is InChI=1S/C11H10NO2/c1-2-7-12-10(13)8-5-3-4-6-9(8)11(12)14/h3-7H,2H2,1H3. The molecule has 1 heterocycles. The lowest BCUT2D eigenvalue weighted by molar-refractivity contribution is 0.0693. The topological polar surface area (TPSA) is 37.4 Å². The smallest absolute Gasteiger partial charge is 0.261 e. The van der Waals surface area contributed by atoms with Crippen LogP contribution in [0.5, 0.6) is 0 Å². The molecule has 0 spiro atoms. The van der Waals surface area contributed by atoms with Crippen molar-refractivity contribution in [3.63, 3.8) is 0 Å². The summed E-state index contributed by atoms with van der Waals surface area (Å²) in [5, 5.41) is 0. The molecule has 14 heavy (non-hydrogen) atoms. The van der Waals surface area contributed by atoms with Crippen LogP contribution in [0.25, 0.3) is 0 Å². The van der Waals surface area contributed by atoms with Crippen LogP contribution in [0.3, 0.4) is 0 Å². The minimum atomic E-state index is -0.215. The zero-order valence-electron chi connectivity index (χ0n) is 7.86. The quantitative estimate of drug-likeness (QED) is 0.664. The number of nitrogens with zero attached hydrogens (tertiary/aromatic N) is 1. The molecule has 2 amide bonds. The third kappa shape index (κ3) is 1.13. The van der Waals surface area contributed by atoms with Crippen molar-refractivity contribution in [1.29, 1.82) is 0 Å². The van der Waals surface area contributed by atoms with Gasteiger partial charge in [0.25, 0.3) is 11.8 Å². The predicted octanol–water partition coefficient (Wildman–Crippen LogP) is 1.85. The molecule has 0 bridgehead atoms. The van der Waals surface area contributed by atoms with Crippen LogP contribution in [0.1, 0.15) is 34.1 Å². The second-order valence-electron chi connectivity index (χ2n) is 3.12. The van der Waals surface area contributed by atoms with Gasteiger partial charge >= 0.3 is 0 Å². The normalized spacial score (nSPS) is 14.8. The van der Waals surface area contributed by atoms with Crippen molar-refractivity contribution < 1.29 is 9.59 Å². The summed E-state index contributed by atoms with van der Waals surface area (Å²) in [6.45, 7) is 3.51. The highest BCUT2D eigenvalue weighted by Crippen LogP contribution is 2.23. The number of imide groups is 1. The average molecular weight is 188 g/mol. The Kier molecular flexibility index (Phi) is 2.08. The zero-order valence-corrected chi connectivity index (χ0v) is 7.86. The molecule has 3 heteroatoms. The Labute approximate surface area is 82.3 Å². The van der Waals surface area contributed by atoms with Gasteiger partial charge in [-0.15, -0.1) is 0 Å².